The first-order valence-corrected chi connectivity index (χ1v) is 10.8. The predicted octanol–water partition coefficient (Wildman–Crippen LogP) is 4.34. The van der Waals surface area contributed by atoms with Gasteiger partial charge >= 0.3 is 0 Å². The van der Waals surface area contributed by atoms with Crippen molar-refractivity contribution in [2.45, 2.75) is 24.5 Å². The van der Waals surface area contributed by atoms with Crippen LogP contribution in [0.15, 0.2) is 78.9 Å². The Morgan fingerprint density at radius 1 is 0.844 bits per heavy atom. The minimum absolute atomic E-state index is 0.236. The Balaban J connectivity index is 1.26. The molecule has 1 heterocycles. The van der Waals surface area contributed by atoms with Crippen LogP contribution < -0.4 is 9.47 Å². The highest BCUT2D eigenvalue weighted by Gasteiger charge is 2.34. The molecule has 0 amide bonds. The van der Waals surface area contributed by atoms with E-state index in [1.807, 2.05) is 54.6 Å². The summed E-state index contributed by atoms with van der Waals surface area (Å²) in [5.74, 6) is 1.62. The average Bonchev–Trinajstić information content (AvgIpc) is 2.82. The molecular formula is C26H28FNO4. The van der Waals surface area contributed by atoms with E-state index in [4.69, 9.17) is 9.47 Å². The summed E-state index contributed by atoms with van der Waals surface area (Å²) >= 11 is 0. The van der Waals surface area contributed by atoms with E-state index in [0.717, 1.165) is 11.3 Å². The molecule has 1 aliphatic heterocycles. The quantitative estimate of drug-likeness (QED) is 0.549. The number of aliphatic hydroxyl groups is 2. The lowest BCUT2D eigenvalue weighted by Gasteiger charge is -2.39. The molecule has 0 bridgehead atoms. The molecule has 1 aliphatic rings. The molecule has 6 heteroatoms. The summed E-state index contributed by atoms with van der Waals surface area (Å²) in [6.45, 7) is 2.12. The van der Waals surface area contributed by atoms with Gasteiger partial charge in [0.15, 0.2) is 0 Å². The summed E-state index contributed by atoms with van der Waals surface area (Å²) in [6, 6.07) is 22.7. The van der Waals surface area contributed by atoms with Gasteiger partial charge in [0.05, 0.1) is 5.60 Å². The molecule has 0 radical (unpaired) electrons. The van der Waals surface area contributed by atoms with Crippen LogP contribution in [0.2, 0.25) is 0 Å². The molecule has 2 N–H and O–H groups in total. The van der Waals surface area contributed by atoms with Crippen LogP contribution in [0.4, 0.5) is 4.39 Å². The molecule has 0 spiro atoms. The third-order valence-corrected chi connectivity index (χ3v) is 5.78. The van der Waals surface area contributed by atoms with Crippen molar-refractivity contribution in [3.8, 4) is 17.2 Å². The summed E-state index contributed by atoms with van der Waals surface area (Å²) < 4.78 is 24.4. The first-order chi connectivity index (χ1) is 15.5. The number of likely N-dealkylation sites (tertiary alicyclic amines) is 1. The second-order valence-electron chi connectivity index (χ2n) is 8.19. The van der Waals surface area contributed by atoms with Crippen LogP contribution in [0, 0.1) is 5.82 Å². The van der Waals surface area contributed by atoms with Gasteiger partial charge in [0.2, 0.25) is 0 Å². The van der Waals surface area contributed by atoms with Gasteiger partial charge in [-0.15, -0.1) is 0 Å². The summed E-state index contributed by atoms with van der Waals surface area (Å²) in [5.41, 5.74) is -0.0623. The maximum atomic E-state index is 13.0. The molecule has 168 valence electrons. The fourth-order valence-electron chi connectivity index (χ4n) is 3.93. The average molecular weight is 438 g/mol. The number of piperidine rings is 1. The lowest BCUT2D eigenvalue weighted by molar-refractivity contribution is -0.0372. The fraction of sp³-hybridized carbons (Fsp3) is 0.308. The van der Waals surface area contributed by atoms with Gasteiger partial charge in [-0.25, -0.2) is 4.39 Å². The highest BCUT2D eigenvalue weighted by Crippen LogP contribution is 2.34. The van der Waals surface area contributed by atoms with Crippen molar-refractivity contribution in [2.24, 2.45) is 0 Å². The van der Waals surface area contributed by atoms with Gasteiger partial charge in [0, 0.05) is 19.6 Å². The number of hydrogen-bond donors (Lipinski definition) is 2. The molecule has 1 saturated heterocycles. The smallest absolute Gasteiger partial charge is 0.127 e. The van der Waals surface area contributed by atoms with Gasteiger partial charge in [-0.1, -0.05) is 30.3 Å². The first kappa shape index (κ1) is 22.3. The number of para-hydroxylation sites is 1. The van der Waals surface area contributed by atoms with E-state index >= 15 is 0 Å². The molecule has 0 unspecified atom stereocenters. The van der Waals surface area contributed by atoms with Crippen LogP contribution >= 0.6 is 0 Å². The molecule has 1 atom stereocenters. The Hall–Kier alpha value is -2.93. The second-order valence-corrected chi connectivity index (χ2v) is 8.19. The van der Waals surface area contributed by atoms with Crippen LogP contribution in [-0.4, -0.2) is 47.5 Å². The van der Waals surface area contributed by atoms with Crippen molar-refractivity contribution in [2.75, 3.05) is 26.2 Å². The molecule has 0 aromatic heterocycles. The number of benzene rings is 3. The topological polar surface area (TPSA) is 62.2 Å². The summed E-state index contributed by atoms with van der Waals surface area (Å²) in [6.07, 6.45) is 0.568. The monoisotopic (exact) mass is 437 g/mol. The zero-order valence-electron chi connectivity index (χ0n) is 17.9. The van der Waals surface area contributed by atoms with E-state index in [1.165, 1.54) is 12.1 Å². The van der Waals surface area contributed by atoms with E-state index in [1.54, 1.807) is 12.1 Å². The number of hydrogen-bond acceptors (Lipinski definition) is 5. The summed E-state index contributed by atoms with van der Waals surface area (Å²) in [4.78, 5) is 2.15. The molecular weight excluding hydrogens is 409 g/mol. The van der Waals surface area contributed by atoms with Gasteiger partial charge < -0.3 is 24.6 Å². The van der Waals surface area contributed by atoms with Crippen LogP contribution in [0.3, 0.4) is 0 Å². The third kappa shape index (κ3) is 5.85. The first-order valence-electron chi connectivity index (χ1n) is 10.8. The number of ether oxygens (including phenoxy) is 2. The zero-order valence-corrected chi connectivity index (χ0v) is 17.9. The van der Waals surface area contributed by atoms with Gasteiger partial charge in [0.1, 0.15) is 35.8 Å². The van der Waals surface area contributed by atoms with Crippen molar-refractivity contribution >= 4 is 0 Å². The van der Waals surface area contributed by atoms with Gasteiger partial charge in [-0.3, -0.25) is 0 Å². The Bertz CT molecular complexity index is 971. The maximum absolute atomic E-state index is 13.0. The molecule has 32 heavy (non-hydrogen) atoms. The Kier molecular flexibility index (Phi) is 7.05. The fourth-order valence-corrected chi connectivity index (χ4v) is 3.93. The Morgan fingerprint density at radius 2 is 1.44 bits per heavy atom. The summed E-state index contributed by atoms with van der Waals surface area (Å²) in [7, 11) is 0. The van der Waals surface area contributed by atoms with E-state index in [0.29, 0.717) is 44.0 Å². The standard InChI is InChI=1S/C26H28FNO4/c27-21-8-12-25(13-9-21)32-24-10-6-20(7-11-24)26(30)14-16-28(17-15-26)18-22(29)19-31-23-4-2-1-3-5-23/h1-13,22,29-30H,14-19H2/t22-/m0/s1. The minimum atomic E-state index is -0.906. The highest BCUT2D eigenvalue weighted by atomic mass is 19.1. The zero-order chi connectivity index (χ0) is 22.4. The molecule has 1 fully saturated rings. The molecule has 0 aliphatic carbocycles. The van der Waals surface area contributed by atoms with Gasteiger partial charge in [-0.2, -0.15) is 0 Å². The number of nitrogens with zero attached hydrogens (tertiary/aromatic N) is 1. The molecule has 3 aromatic carbocycles. The lowest BCUT2D eigenvalue weighted by Crippen LogP contribution is -2.46. The number of rotatable bonds is 8. The SMILES string of the molecule is O[C@H](COc1ccccc1)CN1CCC(O)(c2ccc(Oc3ccc(F)cc3)cc2)CC1. The number of aliphatic hydroxyl groups excluding tert-OH is 1. The second kappa shape index (κ2) is 10.1. The number of β-amino-alcohol motifs (C(OH)–C–C–N with tert-alkyl or cyclic N) is 1. The van der Waals surface area contributed by atoms with Crippen LogP contribution in [0.5, 0.6) is 17.2 Å². The Labute approximate surface area is 187 Å². The van der Waals surface area contributed by atoms with Crippen LogP contribution in [0.25, 0.3) is 0 Å². The number of halogens is 1. The van der Waals surface area contributed by atoms with Crippen LogP contribution in [-0.2, 0) is 5.60 Å². The van der Waals surface area contributed by atoms with Crippen LogP contribution in [0.1, 0.15) is 18.4 Å². The van der Waals surface area contributed by atoms with E-state index in [-0.39, 0.29) is 12.4 Å². The third-order valence-electron chi connectivity index (χ3n) is 5.78. The van der Waals surface area contributed by atoms with E-state index in [2.05, 4.69) is 4.90 Å². The molecule has 4 rings (SSSR count). The molecule has 0 saturated carbocycles. The van der Waals surface area contributed by atoms with Crippen molar-refractivity contribution in [1.82, 2.24) is 4.90 Å². The Morgan fingerprint density at radius 3 is 2.06 bits per heavy atom. The van der Waals surface area contributed by atoms with Crippen molar-refractivity contribution in [1.29, 1.82) is 0 Å². The normalized spacial score (nSPS) is 17.0. The molecule has 3 aromatic rings. The molecule has 5 nitrogen and oxygen atoms in total. The highest BCUT2D eigenvalue weighted by molar-refractivity contribution is 5.35. The van der Waals surface area contributed by atoms with Crippen molar-refractivity contribution in [3.05, 3.63) is 90.2 Å². The van der Waals surface area contributed by atoms with Crippen molar-refractivity contribution in [3.63, 3.8) is 0 Å². The summed E-state index contributed by atoms with van der Waals surface area (Å²) in [5, 5.41) is 21.5. The van der Waals surface area contributed by atoms with Gasteiger partial charge in [0.25, 0.3) is 0 Å². The van der Waals surface area contributed by atoms with Gasteiger partial charge in [-0.05, 0) is 66.9 Å². The lowest BCUT2D eigenvalue weighted by atomic mass is 9.84. The minimum Gasteiger partial charge on any atom is -0.491 e. The largest absolute Gasteiger partial charge is 0.491 e. The van der Waals surface area contributed by atoms with E-state index < -0.39 is 11.7 Å². The van der Waals surface area contributed by atoms with E-state index in [9.17, 15) is 14.6 Å². The van der Waals surface area contributed by atoms with Crippen molar-refractivity contribution < 1.29 is 24.1 Å². The maximum Gasteiger partial charge on any atom is 0.127 e. The predicted molar refractivity (Wildman–Crippen MR) is 120 cm³/mol.